The van der Waals surface area contributed by atoms with E-state index in [1.807, 2.05) is 25.7 Å². The summed E-state index contributed by atoms with van der Waals surface area (Å²) in [6.07, 6.45) is 4.43. The summed E-state index contributed by atoms with van der Waals surface area (Å²) in [5, 5.41) is 6.08. The van der Waals surface area contributed by atoms with Gasteiger partial charge in [0.25, 0.3) is 0 Å². The third-order valence-corrected chi connectivity index (χ3v) is 5.22. The molecule has 0 aromatic rings. The van der Waals surface area contributed by atoms with Gasteiger partial charge < -0.3 is 25.2 Å². The maximum absolute atomic E-state index is 12.5. The number of carbonyl (C=O) groups is 2. The molecule has 0 atom stereocenters. The molecule has 2 amide bonds. The van der Waals surface area contributed by atoms with Crippen molar-refractivity contribution < 1.29 is 14.3 Å². The van der Waals surface area contributed by atoms with Crippen LogP contribution in [0.3, 0.4) is 0 Å². The number of carbonyl (C=O) groups excluding carboxylic acids is 2. The number of hydrogen-bond donors (Lipinski definition) is 2. The number of likely N-dealkylation sites (tertiary alicyclic amines) is 1. The van der Waals surface area contributed by atoms with Crippen molar-refractivity contribution in [2.75, 3.05) is 39.8 Å². The van der Waals surface area contributed by atoms with Gasteiger partial charge in [0.15, 0.2) is 5.96 Å². The molecule has 1 saturated carbocycles. The normalized spacial score (nSPS) is 17.8. The van der Waals surface area contributed by atoms with Crippen LogP contribution in [0.2, 0.25) is 0 Å². The Balaban J connectivity index is 0.00000450. The highest BCUT2D eigenvalue weighted by atomic mass is 127. The van der Waals surface area contributed by atoms with Crippen LogP contribution < -0.4 is 10.6 Å². The molecule has 2 aliphatic rings. The number of guanidine groups is 1. The Morgan fingerprint density at radius 2 is 1.80 bits per heavy atom. The highest BCUT2D eigenvalue weighted by molar-refractivity contribution is 14.0. The third kappa shape index (κ3) is 9.26. The maximum atomic E-state index is 12.5. The van der Waals surface area contributed by atoms with Crippen molar-refractivity contribution in [3.63, 3.8) is 0 Å². The minimum atomic E-state index is -0.485. The van der Waals surface area contributed by atoms with E-state index in [4.69, 9.17) is 9.73 Å². The first-order chi connectivity index (χ1) is 13.7. The quantitative estimate of drug-likeness (QED) is 0.297. The lowest BCUT2D eigenvalue weighted by Gasteiger charge is -2.34. The molecule has 8 nitrogen and oxygen atoms in total. The van der Waals surface area contributed by atoms with Gasteiger partial charge in [-0.2, -0.15) is 0 Å². The Morgan fingerprint density at radius 1 is 1.17 bits per heavy atom. The molecule has 0 unspecified atom stereocenters. The number of ether oxygens (including phenoxy) is 1. The Hall–Kier alpha value is -1.26. The summed E-state index contributed by atoms with van der Waals surface area (Å²) in [5.41, 5.74) is -0.485. The van der Waals surface area contributed by atoms with E-state index in [0.717, 1.165) is 51.3 Å². The number of halogens is 1. The standard InChI is InChI=1S/C21H39N5O3.HI/c1-6-23-19(25-12-9-16(10-13-25)15-18(27)22-5)24-11-14-26(17-7-8-17)20(28)29-21(2,3)4;/h16-17H,6-15H2,1-5H3,(H,22,27)(H,23,24);1H. The van der Waals surface area contributed by atoms with E-state index in [2.05, 4.69) is 22.5 Å². The molecule has 0 spiro atoms. The highest BCUT2D eigenvalue weighted by Crippen LogP contribution is 2.28. The van der Waals surface area contributed by atoms with Crippen LogP contribution in [-0.4, -0.2) is 79.2 Å². The van der Waals surface area contributed by atoms with Gasteiger partial charge in [0.05, 0.1) is 6.54 Å². The summed E-state index contributed by atoms with van der Waals surface area (Å²) in [5.74, 6) is 1.45. The zero-order valence-electron chi connectivity index (χ0n) is 19.2. The zero-order chi connectivity index (χ0) is 21.4. The van der Waals surface area contributed by atoms with Crippen molar-refractivity contribution in [2.45, 2.75) is 71.4 Å². The fourth-order valence-electron chi connectivity index (χ4n) is 3.53. The summed E-state index contributed by atoms with van der Waals surface area (Å²) in [4.78, 5) is 33.0. The highest BCUT2D eigenvalue weighted by Gasteiger charge is 2.35. The average Bonchev–Trinajstić information content (AvgIpc) is 3.48. The molecule has 9 heteroatoms. The zero-order valence-corrected chi connectivity index (χ0v) is 21.5. The smallest absolute Gasteiger partial charge is 0.410 e. The molecule has 2 rings (SSSR count). The lowest BCUT2D eigenvalue weighted by molar-refractivity contribution is -0.121. The summed E-state index contributed by atoms with van der Waals surface area (Å²) in [7, 11) is 1.69. The van der Waals surface area contributed by atoms with E-state index < -0.39 is 5.60 Å². The second-order valence-corrected chi connectivity index (χ2v) is 8.95. The molecule has 0 aromatic carbocycles. The van der Waals surface area contributed by atoms with Gasteiger partial charge in [0, 0.05) is 45.7 Å². The number of nitrogens with one attached hydrogen (secondary N) is 2. The minimum Gasteiger partial charge on any atom is -0.444 e. The lowest BCUT2D eigenvalue weighted by Crippen LogP contribution is -2.46. The van der Waals surface area contributed by atoms with Gasteiger partial charge in [-0.3, -0.25) is 9.79 Å². The van der Waals surface area contributed by atoms with E-state index in [0.29, 0.717) is 31.5 Å². The van der Waals surface area contributed by atoms with Gasteiger partial charge in [-0.25, -0.2) is 4.79 Å². The Morgan fingerprint density at radius 3 is 2.30 bits per heavy atom. The molecule has 0 radical (unpaired) electrons. The predicted octanol–water partition coefficient (Wildman–Crippen LogP) is 2.82. The van der Waals surface area contributed by atoms with E-state index in [1.54, 1.807) is 7.05 Å². The molecule has 1 saturated heterocycles. The Kier molecular flexibility index (Phi) is 11.2. The number of piperidine rings is 1. The van der Waals surface area contributed by atoms with Gasteiger partial charge in [-0.15, -0.1) is 24.0 Å². The number of aliphatic imine (C=N–C) groups is 1. The topological polar surface area (TPSA) is 86.3 Å². The van der Waals surface area contributed by atoms with Crippen molar-refractivity contribution in [3.05, 3.63) is 0 Å². The van der Waals surface area contributed by atoms with E-state index >= 15 is 0 Å². The fraction of sp³-hybridized carbons (Fsp3) is 0.857. The molecule has 174 valence electrons. The van der Waals surface area contributed by atoms with E-state index in [-0.39, 0.29) is 36.0 Å². The van der Waals surface area contributed by atoms with Gasteiger partial charge in [0.1, 0.15) is 5.60 Å². The summed E-state index contributed by atoms with van der Waals surface area (Å²) in [6.45, 7) is 11.5. The molecule has 0 bridgehead atoms. The molecule has 0 aromatic heterocycles. The maximum Gasteiger partial charge on any atom is 0.410 e. The molecule has 2 N–H and O–H groups in total. The van der Waals surface area contributed by atoms with Gasteiger partial charge >= 0.3 is 6.09 Å². The summed E-state index contributed by atoms with van der Waals surface area (Å²) in [6, 6.07) is 0.295. The lowest BCUT2D eigenvalue weighted by atomic mass is 9.93. The molecular weight excluding hydrogens is 497 g/mol. The van der Waals surface area contributed by atoms with Crippen molar-refractivity contribution in [3.8, 4) is 0 Å². The summed E-state index contributed by atoms with van der Waals surface area (Å²) >= 11 is 0. The molecule has 1 aliphatic heterocycles. The van der Waals surface area contributed by atoms with Crippen LogP contribution in [0.1, 0.15) is 59.8 Å². The SMILES string of the molecule is CCNC(=NCCN(C(=O)OC(C)(C)C)C1CC1)N1CCC(CC(=O)NC)CC1.I. The van der Waals surface area contributed by atoms with Gasteiger partial charge in [-0.05, 0) is 59.3 Å². The molecule has 1 heterocycles. The first-order valence-electron chi connectivity index (χ1n) is 11.0. The Bertz CT molecular complexity index is 582. The number of amides is 2. The second-order valence-electron chi connectivity index (χ2n) is 8.95. The van der Waals surface area contributed by atoms with Gasteiger partial charge in [-0.1, -0.05) is 0 Å². The molecule has 1 aliphatic carbocycles. The van der Waals surface area contributed by atoms with Crippen LogP contribution in [0.15, 0.2) is 4.99 Å². The number of nitrogens with zero attached hydrogens (tertiary/aromatic N) is 3. The minimum absolute atomic E-state index is 0. The van der Waals surface area contributed by atoms with Crippen LogP contribution in [0.25, 0.3) is 0 Å². The van der Waals surface area contributed by atoms with Crippen molar-refractivity contribution in [1.29, 1.82) is 0 Å². The first kappa shape index (κ1) is 26.8. The van der Waals surface area contributed by atoms with E-state index in [9.17, 15) is 9.59 Å². The van der Waals surface area contributed by atoms with E-state index in [1.165, 1.54) is 0 Å². The number of hydrogen-bond acceptors (Lipinski definition) is 4. The molecule has 30 heavy (non-hydrogen) atoms. The fourth-order valence-corrected chi connectivity index (χ4v) is 3.53. The average molecular weight is 537 g/mol. The van der Waals surface area contributed by atoms with Crippen LogP contribution in [0, 0.1) is 5.92 Å². The number of rotatable bonds is 7. The predicted molar refractivity (Wildman–Crippen MR) is 130 cm³/mol. The molecule has 2 fully saturated rings. The van der Waals surface area contributed by atoms with Crippen molar-refractivity contribution in [2.24, 2.45) is 10.9 Å². The van der Waals surface area contributed by atoms with Crippen LogP contribution in [0.5, 0.6) is 0 Å². The molecular formula is C21H40IN5O3. The van der Waals surface area contributed by atoms with Crippen LogP contribution >= 0.6 is 24.0 Å². The van der Waals surface area contributed by atoms with Crippen molar-refractivity contribution in [1.82, 2.24) is 20.4 Å². The van der Waals surface area contributed by atoms with Crippen LogP contribution in [0.4, 0.5) is 4.79 Å². The largest absolute Gasteiger partial charge is 0.444 e. The second kappa shape index (κ2) is 12.6. The Labute approximate surface area is 198 Å². The first-order valence-corrected chi connectivity index (χ1v) is 11.0. The monoisotopic (exact) mass is 537 g/mol. The van der Waals surface area contributed by atoms with Gasteiger partial charge in [0.2, 0.25) is 5.91 Å². The summed E-state index contributed by atoms with van der Waals surface area (Å²) < 4.78 is 5.56. The van der Waals surface area contributed by atoms with Crippen LogP contribution in [-0.2, 0) is 9.53 Å². The third-order valence-electron chi connectivity index (χ3n) is 5.22. The van der Waals surface area contributed by atoms with Crippen molar-refractivity contribution >= 4 is 41.9 Å².